The van der Waals surface area contributed by atoms with Crippen LogP contribution in [0, 0.1) is 0 Å². The quantitative estimate of drug-likeness (QED) is 0.624. The summed E-state index contributed by atoms with van der Waals surface area (Å²) in [6, 6.07) is 4.34. The van der Waals surface area contributed by atoms with Gasteiger partial charge in [0.05, 0.1) is 0 Å². The van der Waals surface area contributed by atoms with E-state index in [9.17, 15) is 0 Å². The van der Waals surface area contributed by atoms with Crippen LogP contribution in [0.4, 0.5) is 0 Å². The summed E-state index contributed by atoms with van der Waals surface area (Å²) >= 11 is 1.85. The van der Waals surface area contributed by atoms with Crippen molar-refractivity contribution in [1.29, 1.82) is 0 Å². The lowest BCUT2D eigenvalue weighted by Gasteiger charge is -2.16. The van der Waals surface area contributed by atoms with Crippen molar-refractivity contribution in [3.63, 3.8) is 0 Å². The molecule has 0 unspecified atom stereocenters. The van der Waals surface area contributed by atoms with Gasteiger partial charge in [-0.05, 0) is 44.8 Å². The van der Waals surface area contributed by atoms with E-state index in [2.05, 4.69) is 34.8 Å². The van der Waals surface area contributed by atoms with Crippen LogP contribution in [0.25, 0.3) is 0 Å². The zero-order valence-corrected chi connectivity index (χ0v) is 12.5. The number of hydrogen-bond acceptors (Lipinski definition) is 4. The van der Waals surface area contributed by atoms with Crippen molar-refractivity contribution in [2.24, 2.45) is 0 Å². The summed E-state index contributed by atoms with van der Waals surface area (Å²) in [6.45, 7) is 8.10. The van der Waals surface area contributed by atoms with E-state index in [1.54, 1.807) is 0 Å². The molecule has 0 amide bonds. The molecule has 0 aliphatic heterocycles. The number of hydrogen-bond donors (Lipinski definition) is 1. The molecule has 1 heterocycles. The van der Waals surface area contributed by atoms with Crippen molar-refractivity contribution in [3.8, 4) is 0 Å². The van der Waals surface area contributed by atoms with Crippen molar-refractivity contribution in [3.05, 3.63) is 22.4 Å². The SMILES string of the molecule is CCOCCCNCCN(C)CCc1cccs1. The normalized spacial score (nSPS) is 11.3. The second-order valence-electron chi connectivity index (χ2n) is 4.43. The fraction of sp³-hybridized carbons (Fsp3) is 0.714. The minimum atomic E-state index is 0.825. The first kappa shape index (κ1) is 15.6. The van der Waals surface area contributed by atoms with Crippen LogP contribution in [0.15, 0.2) is 17.5 Å². The number of rotatable bonds is 11. The zero-order chi connectivity index (χ0) is 13.1. The lowest BCUT2D eigenvalue weighted by atomic mass is 10.3. The second-order valence-corrected chi connectivity index (χ2v) is 5.47. The highest BCUT2D eigenvalue weighted by atomic mass is 32.1. The average molecular weight is 270 g/mol. The molecular formula is C14H26N2OS. The molecule has 0 bridgehead atoms. The van der Waals surface area contributed by atoms with Gasteiger partial charge in [-0.3, -0.25) is 0 Å². The van der Waals surface area contributed by atoms with Gasteiger partial charge in [0.15, 0.2) is 0 Å². The van der Waals surface area contributed by atoms with Gasteiger partial charge in [-0.2, -0.15) is 0 Å². The van der Waals surface area contributed by atoms with Crippen LogP contribution in [0.1, 0.15) is 18.2 Å². The van der Waals surface area contributed by atoms with Crippen LogP contribution in [-0.4, -0.2) is 51.3 Å². The fourth-order valence-electron chi connectivity index (χ4n) is 1.71. The number of ether oxygens (including phenoxy) is 1. The molecule has 0 aliphatic rings. The summed E-state index contributed by atoms with van der Waals surface area (Å²) in [7, 11) is 2.19. The molecule has 1 aromatic rings. The number of likely N-dealkylation sites (N-methyl/N-ethyl adjacent to an activating group) is 1. The van der Waals surface area contributed by atoms with Crippen LogP contribution in [0.3, 0.4) is 0 Å². The van der Waals surface area contributed by atoms with Gasteiger partial charge in [0, 0.05) is 37.7 Å². The van der Waals surface area contributed by atoms with Gasteiger partial charge in [0.1, 0.15) is 0 Å². The summed E-state index contributed by atoms with van der Waals surface area (Å²) in [6.07, 6.45) is 2.27. The second kappa shape index (κ2) is 10.5. The van der Waals surface area contributed by atoms with Crippen molar-refractivity contribution < 1.29 is 4.74 Å². The smallest absolute Gasteiger partial charge is 0.0477 e. The Labute approximate surface area is 115 Å². The maximum absolute atomic E-state index is 5.29. The Morgan fingerprint density at radius 3 is 2.94 bits per heavy atom. The summed E-state index contributed by atoms with van der Waals surface area (Å²) < 4.78 is 5.29. The maximum Gasteiger partial charge on any atom is 0.0477 e. The minimum absolute atomic E-state index is 0.825. The molecule has 0 spiro atoms. The molecule has 1 aromatic heterocycles. The third kappa shape index (κ3) is 7.82. The third-order valence-corrected chi connectivity index (χ3v) is 3.77. The number of thiophene rings is 1. The van der Waals surface area contributed by atoms with Gasteiger partial charge in [-0.1, -0.05) is 6.07 Å². The zero-order valence-electron chi connectivity index (χ0n) is 11.7. The lowest BCUT2D eigenvalue weighted by molar-refractivity contribution is 0.144. The van der Waals surface area contributed by atoms with E-state index >= 15 is 0 Å². The van der Waals surface area contributed by atoms with E-state index in [0.29, 0.717) is 0 Å². The molecule has 3 nitrogen and oxygen atoms in total. The first-order valence-electron chi connectivity index (χ1n) is 6.82. The predicted octanol–water partition coefficient (Wildman–Crippen LogP) is 2.24. The van der Waals surface area contributed by atoms with Crippen LogP contribution < -0.4 is 5.32 Å². The number of nitrogens with zero attached hydrogens (tertiary/aromatic N) is 1. The molecule has 0 atom stereocenters. The lowest BCUT2D eigenvalue weighted by Crippen LogP contribution is -2.31. The average Bonchev–Trinajstić information content (AvgIpc) is 2.88. The molecule has 0 aliphatic carbocycles. The van der Waals surface area contributed by atoms with E-state index in [1.807, 2.05) is 18.3 Å². The van der Waals surface area contributed by atoms with E-state index in [1.165, 1.54) is 11.3 Å². The molecule has 0 fully saturated rings. The first-order valence-corrected chi connectivity index (χ1v) is 7.70. The van der Waals surface area contributed by atoms with E-state index in [0.717, 1.165) is 45.8 Å². The van der Waals surface area contributed by atoms with Gasteiger partial charge >= 0.3 is 0 Å². The van der Waals surface area contributed by atoms with E-state index in [-0.39, 0.29) is 0 Å². The van der Waals surface area contributed by atoms with Crippen LogP contribution >= 0.6 is 11.3 Å². The predicted molar refractivity (Wildman–Crippen MR) is 79.5 cm³/mol. The highest BCUT2D eigenvalue weighted by Gasteiger charge is 1.99. The molecule has 104 valence electrons. The molecule has 4 heteroatoms. The summed E-state index contributed by atoms with van der Waals surface area (Å²) in [5.41, 5.74) is 0. The molecular weight excluding hydrogens is 244 g/mol. The van der Waals surface area contributed by atoms with Crippen molar-refractivity contribution in [2.75, 3.05) is 46.4 Å². The van der Waals surface area contributed by atoms with Crippen molar-refractivity contribution >= 4 is 11.3 Å². The van der Waals surface area contributed by atoms with E-state index in [4.69, 9.17) is 4.74 Å². The van der Waals surface area contributed by atoms with E-state index < -0.39 is 0 Å². The van der Waals surface area contributed by atoms with Crippen molar-refractivity contribution in [2.45, 2.75) is 19.8 Å². The Bertz CT molecular complexity index is 277. The fourth-order valence-corrected chi connectivity index (χ4v) is 2.40. The molecule has 0 radical (unpaired) electrons. The largest absolute Gasteiger partial charge is 0.382 e. The van der Waals surface area contributed by atoms with Gasteiger partial charge in [-0.25, -0.2) is 0 Å². The third-order valence-electron chi connectivity index (χ3n) is 2.84. The maximum atomic E-state index is 5.29. The van der Waals surface area contributed by atoms with Gasteiger partial charge < -0.3 is 15.0 Å². The molecule has 0 saturated carbocycles. The first-order chi connectivity index (χ1) is 8.83. The summed E-state index contributed by atoms with van der Waals surface area (Å²) in [4.78, 5) is 3.86. The summed E-state index contributed by atoms with van der Waals surface area (Å²) in [5.74, 6) is 0. The molecule has 0 aromatic carbocycles. The number of nitrogens with one attached hydrogen (secondary N) is 1. The highest BCUT2D eigenvalue weighted by molar-refractivity contribution is 7.09. The monoisotopic (exact) mass is 270 g/mol. The van der Waals surface area contributed by atoms with Crippen molar-refractivity contribution in [1.82, 2.24) is 10.2 Å². The molecule has 0 saturated heterocycles. The Balaban J connectivity index is 1.89. The molecule has 1 rings (SSSR count). The highest BCUT2D eigenvalue weighted by Crippen LogP contribution is 2.09. The Kier molecular flexibility index (Phi) is 9.12. The Morgan fingerprint density at radius 1 is 1.33 bits per heavy atom. The molecule has 1 N–H and O–H groups in total. The molecule has 18 heavy (non-hydrogen) atoms. The van der Waals surface area contributed by atoms with Crippen LogP contribution in [0.2, 0.25) is 0 Å². The van der Waals surface area contributed by atoms with Gasteiger partial charge in [-0.15, -0.1) is 11.3 Å². The Hall–Kier alpha value is -0.420. The standard InChI is InChI=1S/C14H26N2OS/c1-3-17-12-5-8-15-9-11-16(2)10-7-14-6-4-13-18-14/h4,6,13,15H,3,5,7-12H2,1-2H3. The van der Waals surface area contributed by atoms with Gasteiger partial charge in [0.25, 0.3) is 0 Å². The minimum Gasteiger partial charge on any atom is -0.382 e. The summed E-state index contributed by atoms with van der Waals surface area (Å²) in [5, 5.41) is 5.60. The van der Waals surface area contributed by atoms with Gasteiger partial charge in [0.2, 0.25) is 0 Å². The van der Waals surface area contributed by atoms with Crippen LogP contribution in [-0.2, 0) is 11.2 Å². The topological polar surface area (TPSA) is 24.5 Å². The Morgan fingerprint density at radius 2 is 2.22 bits per heavy atom. The van der Waals surface area contributed by atoms with Crippen LogP contribution in [0.5, 0.6) is 0 Å².